The van der Waals surface area contributed by atoms with E-state index in [4.69, 9.17) is 0 Å². The van der Waals surface area contributed by atoms with Crippen molar-refractivity contribution >= 4 is 5.91 Å². The number of carbonyl (C=O) groups excluding carboxylic acids is 1. The smallest absolute Gasteiger partial charge is 0.221 e. The Bertz CT molecular complexity index is 599. The Morgan fingerprint density at radius 2 is 2.35 bits per heavy atom. The Morgan fingerprint density at radius 1 is 1.45 bits per heavy atom. The van der Waals surface area contributed by atoms with Gasteiger partial charge in [-0.15, -0.1) is 0 Å². The number of allylic oxidation sites excluding steroid dienone is 5. The van der Waals surface area contributed by atoms with Gasteiger partial charge in [-0.2, -0.15) is 0 Å². The van der Waals surface area contributed by atoms with Crippen LogP contribution in [0.25, 0.3) is 0 Å². The zero-order valence-electron chi connectivity index (χ0n) is 11.5. The lowest BCUT2D eigenvalue weighted by Gasteiger charge is -2.32. The number of nitrogens with one attached hydrogen (secondary N) is 1. The van der Waals surface area contributed by atoms with Gasteiger partial charge in [0.15, 0.2) is 0 Å². The van der Waals surface area contributed by atoms with Crippen molar-refractivity contribution in [3.8, 4) is 0 Å². The molecule has 0 saturated carbocycles. The zero-order chi connectivity index (χ0) is 13.9. The van der Waals surface area contributed by atoms with Crippen LogP contribution < -0.4 is 5.32 Å². The number of aromatic nitrogens is 1. The molecule has 0 radical (unpaired) electrons. The summed E-state index contributed by atoms with van der Waals surface area (Å²) in [4.78, 5) is 15.5. The molecule has 0 saturated heterocycles. The lowest BCUT2D eigenvalue weighted by atomic mass is 9.73. The van der Waals surface area contributed by atoms with E-state index in [9.17, 15) is 4.79 Å². The number of carbonyl (C=O) groups is 1. The van der Waals surface area contributed by atoms with E-state index >= 15 is 0 Å². The van der Waals surface area contributed by atoms with E-state index in [-0.39, 0.29) is 11.8 Å². The van der Waals surface area contributed by atoms with Gasteiger partial charge >= 0.3 is 0 Å². The van der Waals surface area contributed by atoms with Gasteiger partial charge in [0.1, 0.15) is 0 Å². The van der Waals surface area contributed by atoms with Crippen LogP contribution in [-0.2, 0) is 4.79 Å². The van der Waals surface area contributed by atoms with Crippen LogP contribution in [0.3, 0.4) is 0 Å². The highest BCUT2D eigenvalue weighted by Gasteiger charge is 2.29. The summed E-state index contributed by atoms with van der Waals surface area (Å²) in [5.41, 5.74) is 3.40. The van der Waals surface area contributed by atoms with Crippen LogP contribution in [0, 0.1) is 5.92 Å². The first-order valence-electron chi connectivity index (χ1n) is 7.01. The molecule has 3 rings (SSSR count). The van der Waals surface area contributed by atoms with Crippen LogP contribution in [0.2, 0.25) is 0 Å². The Kier molecular flexibility index (Phi) is 3.50. The highest BCUT2D eigenvalue weighted by molar-refractivity contribution is 5.75. The molecule has 20 heavy (non-hydrogen) atoms. The molecule has 1 amide bonds. The molecule has 2 aliphatic rings. The second kappa shape index (κ2) is 5.45. The first-order chi connectivity index (χ1) is 9.74. The fourth-order valence-corrected chi connectivity index (χ4v) is 3.05. The van der Waals surface area contributed by atoms with Crippen LogP contribution in [0.4, 0.5) is 0 Å². The summed E-state index contributed by atoms with van der Waals surface area (Å²) in [7, 11) is 0. The minimum Gasteiger partial charge on any atom is -0.327 e. The number of rotatable bonds is 2. The molecule has 2 atom stereocenters. The molecule has 1 aromatic heterocycles. The van der Waals surface area contributed by atoms with Gasteiger partial charge in [0, 0.05) is 30.9 Å². The topological polar surface area (TPSA) is 42.0 Å². The molecule has 0 spiro atoms. The minimum atomic E-state index is -0.0312. The van der Waals surface area contributed by atoms with E-state index in [1.54, 1.807) is 13.1 Å². The standard InChI is InChI=1S/C17H18N2O/c1-12(20)19-15-9-13-5-2-3-7-16(13)17(10-15)14-6-4-8-18-11-14/h2,4-6,8-11,16-17H,3,7H2,1H3,(H,19,20). The predicted octanol–water partition coefficient (Wildman–Crippen LogP) is 3.09. The summed E-state index contributed by atoms with van der Waals surface area (Å²) in [6.07, 6.45) is 14.6. The quantitative estimate of drug-likeness (QED) is 0.893. The van der Waals surface area contributed by atoms with Gasteiger partial charge in [0.2, 0.25) is 5.91 Å². The van der Waals surface area contributed by atoms with E-state index < -0.39 is 0 Å². The Hall–Kier alpha value is -2.16. The zero-order valence-corrected chi connectivity index (χ0v) is 11.5. The molecule has 3 nitrogen and oxygen atoms in total. The van der Waals surface area contributed by atoms with E-state index in [0.29, 0.717) is 5.92 Å². The van der Waals surface area contributed by atoms with Gasteiger partial charge in [0.25, 0.3) is 0 Å². The normalized spacial score (nSPS) is 24.4. The summed E-state index contributed by atoms with van der Waals surface area (Å²) >= 11 is 0. The fraction of sp³-hybridized carbons (Fsp3) is 0.294. The third-order valence-corrected chi connectivity index (χ3v) is 3.89. The van der Waals surface area contributed by atoms with E-state index in [0.717, 1.165) is 18.5 Å². The number of pyridine rings is 1. The summed E-state index contributed by atoms with van der Waals surface area (Å²) in [6, 6.07) is 4.08. The molecule has 2 aliphatic carbocycles. The second-order valence-corrected chi connectivity index (χ2v) is 5.35. The van der Waals surface area contributed by atoms with Crippen LogP contribution in [0.15, 0.2) is 60.1 Å². The lowest BCUT2D eigenvalue weighted by molar-refractivity contribution is -0.118. The van der Waals surface area contributed by atoms with Gasteiger partial charge in [-0.3, -0.25) is 9.78 Å². The minimum absolute atomic E-state index is 0.0312. The maximum Gasteiger partial charge on any atom is 0.221 e. The molecular weight excluding hydrogens is 248 g/mol. The second-order valence-electron chi connectivity index (χ2n) is 5.35. The first kappa shape index (κ1) is 12.9. The van der Waals surface area contributed by atoms with Crippen LogP contribution in [-0.4, -0.2) is 10.9 Å². The monoisotopic (exact) mass is 266 g/mol. The summed E-state index contributed by atoms with van der Waals surface area (Å²) in [5.74, 6) is 0.744. The van der Waals surface area contributed by atoms with Gasteiger partial charge in [-0.1, -0.05) is 24.3 Å². The van der Waals surface area contributed by atoms with Gasteiger partial charge in [0.05, 0.1) is 0 Å². The van der Waals surface area contributed by atoms with Crippen molar-refractivity contribution < 1.29 is 4.79 Å². The first-order valence-corrected chi connectivity index (χ1v) is 7.01. The largest absolute Gasteiger partial charge is 0.327 e. The predicted molar refractivity (Wildman–Crippen MR) is 78.8 cm³/mol. The van der Waals surface area contributed by atoms with Gasteiger partial charge < -0.3 is 5.32 Å². The number of nitrogens with zero attached hydrogens (tertiary/aromatic N) is 1. The third kappa shape index (κ3) is 2.57. The van der Waals surface area contributed by atoms with Crippen molar-refractivity contribution in [2.45, 2.75) is 25.7 Å². The fourth-order valence-electron chi connectivity index (χ4n) is 3.05. The van der Waals surface area contributed by atoms with Crippen molar-refractivity contribution in [1.82, 2.24) is 10.3 Å². The average Bonchev–Trinajstić information content (AvgIpc) is 2.47. The van der Waals surface area contributed by atoms with E-state index in [1.807, 2.05) is 12.3 Å². The highest BCUT2D eigenvalue weighted by Crippen LogP contribution is 2.41. The third-order valence-electron chi connectivity index (χ3n) is 3.89. The molecule has 2 unspecified atom stereocenters. The molecule has 1 aromatic rings. The van der Waals surface area contributed by atoms with Crippen molar-refractivity contribution in [2.24, 2.45) is 5.92 Å². The number of hydrogen-bond donors (Lipinski definition) is 1. The Balaban J connectivity index is 1.99. The van der Waals surface area contributed by atoms with Crippen molar-refractivity contribution in [3.63, 3.8) is 0 Å². The van der Waals surface area contributed by atoms with Crippen molar-refractivity contribution in [2.75, 3.05) is 0 Å². The summed E-state index contributed by atoms with van der Waals surface area (Å²) < 4.78 is 0. The van der Waals surface area contributed by atoms with Gasteiger partial charge in [-0.05, 0) is 42.0 Å². The summed E-state index contributed by atoms with van der Waals surface area (Å²) in [6.45, 7) is 1.54. The highest BCUT2D eigenvalue weighted by atomic mass is 16.1. The molecule has 102 valence electrons. The number of fused-ring (bicyclic) bond motifs is 1. The molecule has 1 heterocycles. The summed E-state index contributed by atoms with van der Waals surface area (Å²) in [5, 5.41) is 2.91. The molecular formula is C17H18N2O. The SMILES string of the molecule is CC(=O)NC1=CC(c2cccnc2)C2CCC=CC2=C1. The van der Waals surface area contributed by atoms with Crippen molar-refractivity contribution in [1.29, 1.82) is 0 Å². The Morgan fingerprint density at radius 3 is 3.10 bits per heavy atom. The van der Waals surface area contributed by atoms with Crippen LogP contribution in [0.5, 0.6) is 0 Å². The molecule has 0 bridgehead atoms. The van der Waals surface area contributed by atoms with Crippen molar-refractivity contribution in [3.05, 3.63) is 65.7 Å². The molecule has 0 fully saturated rings. The number of hydrogen-bond acceptors (Lipinski definition) is 2. The number of amides is 1. The molecule has 1 N–H and O–H groups in total. The Labute approximate surface area is 119 Å². The maximum atomic E-state index is 11.3. The van der Waals surface area contributed by atoms with Crippen LogP contribution >= 0.6 is 0 Å². The van der Waals surface area contributed by atoms with Gasteiger partial charge in [-0.25, -0.2) is 0 Å². The van der Waals surface area contributed by atoms with Crippen LogP contribution in [0.1, 0.15) is 31.2 Å². The van der Waals surface area contributed by atoms with E-state index in [2.05, 4.69) is 40.7 Å². The average molecular weight is 266 g/mol. The maximum absolute atomic E-state index is 11.3. The van der Waals surface area contributed by atoms with E-state index in [1.165, 1.54) is 11.1 Å². The lowest BCUT2D eigenvalue weighted by Crippen LogP contribution is -2.25. The molecule has 3 heteroatoms. The molecule has 0 aliphatic heterocycles. The molecule has 0 aromatic carbocycles.